The predicted octanol–water partition coefficient (Wildman–Crippen LogP) is 3.04. The molecular formula is C16H18FNO3. The van der Waals surface area contributed by atoms with Gasteiger partial charge in [-0.3, -0.25) is 0 Å². The number of oxazole rings is 1. The molecule has 0 radical (unpaired) electrons. The minimum absolute atomic E-state index is 0.225. The van der Waals surface area contributed by atoms with Crippen LogP contribution in [0, 0.1) is 12.7 Å². The van der Waals surface area contributed by atoms with Crippen molar-refractivity contribution in [3.8, 4) is 0 Å². The Morgan fingerprint density at radius 1 is 1.19 bits per heavy atom. The van der Waals surface area contributed by atoms with Crippen LogP contribution in [0.25, 0.3) is 0 Å². The van der Waals surface area contributed by atoms with Crippen LogP contribution in [-0.2, 0) is 22.3 Å². The third-order valence-electron chi connectivity index (χ3n) is 3.61. The van der Waals surface area contributed by atoms with Crippen LogP contribution in [-0.4, -0.2) is 24.0 Å². The highest BCUT2D eigenvalue weighted by atomic mass is 19.1. The topological polar surface area (TPSA) is 44.5 Å². The van der Waals surface area contributed by atoms with Crippen molar-refractivity contribution in [2.75, 3.05) is 13.2 Å². The van der Waals surface area contributed by atoms with E-state index in [0.29, 0.717) is 31.9 Å². The van der Waals surface area contributed by atoms with E-state index in [4.69, 9.17) is 13.9 Å². The molecule has 0 saturated carbocycles. The highest BCUT2D eigenvalue weighted by molar-refractivity contribution is 5.16. The lowest BCUT2D eigenvalue weighted by Crippen LogP contribution is -2.33. The minimum Gasteiger partial charge on any atom is -0.446 e. The maximum atomic E-state index is 12.9. The Bertz CT molecular complexity index is 588. The molecule has 2 aromatic rings. The summed E-state index contributed by atoms with van der Waals surface area (Å²) >= 11 is 0. The molecule has 0 N–H and O–H groups in total. The van der Waals surface area contributed by atoms with E-state index >= 15 is 0 Å². The van der Waals surface area contributed by atoms with Gasteiger partial charge in [-0.1, -0.05) is 12.1 Å². The number of aryl methyl sites for hydroxylation is 2. The molecule has 0 atom stereocenters. The fourth-order valence-corrected chi connectivity index (χ4v) is 2.53. The van der Waals surface area contributed by atoms with E-state index in [1.165, 1.54) is 12.1 Å². The van der Waals surface area contributed by atoms with Crippen LogP contribution < -0.4 is 0 Å². The van der Waals surface area contributed by atoms with E-state index in [1.807, 2.05) is 6.92 Å². The highest BCUT2D eigenvalue weighted by Gasteiger charge is 2.38. The molecule has 1 saturated heterocycles. The van der Waals surface area contributed by atoms with E-state index in [9.17, 15) is 4.39 Å². The average Bonchev–Trinajstić information content (AvgIpc) is 3.09. The summed E-state index contributed by atoms with van der Waals surface area (Å²) in [5.74, 6) is 0.480. The van der Waals surface area contributed by atoms with Gasteiger partial charge in [0, 0.05) is 6.42 Å². The van der Waals surface area contributed by atoms with E-state index in [1.54, 1.807) is 18.3 Å². The van der Waals surface area contributed by atoms with Crippen LogP contribution >= 0.6 is 0 Å². The van der Waals surface area contributed by atoms with Crippen LogP contribution in [0.1, 0.15) is 23.6 Å². The van der Waals surface area contributed by atoms with Gasteiger partial charge in [-0.25, -0.2) is 9.37 Å². The molecule has 0 spiro atoms. The average molecular weight is 291 g/mol. The van der Waals surface area contributed by atoms with Crippen LogP contribution in [0.2, 0.25) is 0 Å². The van der Waals surface area contributed by atoms with Crippen LogP contribution in [0.3, 0.4) is 0 Å². The molecule has 1 aromatic heterocycles. The summed E-state index contributed by atoms with van der Waals surface area (Å²) in [6.45, 7) is 3.00. The van der Waals surface area contributed by atoms with Gasteiger partial charge in [-0.2, -0.15) is 0 Å². The molecule has 112 valence electrons. The van der Waals surface area contributed by atoms with Gasteiger partial charge in [-0.15, -0.1) is 0 Å². The number of ether oxygens (including phenoxy) is 2. The zero-order valence-electron chi connectivity index (χ0n) is 12.0. The highest BCUT2D eigenvalue weighted by Crippen LogP contribution is 2.29. The van der Waals surface area contributed by atoms with Gasteiger partial charge in [0.25, 0.3) is 0 Å². The first-order valence-electron chi connectivity index (χ1n) is 7.09. The van der Waals surface area contributed by atoms with Crippen molar-refractivity contribution in [1.29, 1.82) is 0 Å². The molecule has 0 aliphatic carbocycles. The SMILES string of the molecule is Cc1cnc(CC2(CCc3ccc(F)cc3)OCCO2)o1. The van der Waals surface area contributed by atoms with Crippen molar-refractivity contribution < 1.29 is 18.3 Å². The quantitative estimate of drug-likeness (QED) is 0.849. The summed E-state index contributed by atoms with van der Waals surface area (Å²) in [5.41, 5.74) is 1.05. The molecule has 1 aromatic carbocycles. The Morgan fingerprint density at radius 2 is 1.90 bits per heavy atom. The van der Waals surface area contributed by atoms with E-state index in [2.05, 4.69) is 4.98 Å². The van der Waals surface area contributed by atoms with Crippen molar-refractivity contribution in [2.24, 2.45) is 0 Å². The lowest BCUT2D eigenvalue weighted by atomic mass is 10.0. The van der Waals surface area contributed by atoms with E-state index in [0.717, 1.165) is 17.7 Å². The van der Waals surface area contributed by atoms with E-state index in [-0.39, 0.29) is 5.82 Å². The predicted molar refractivity (Wildman–Crippen MR) is 74.3 cm³/mol. The number of rotatable bonds is 5. The Hall–Kier alpha value is -1.72. The number of nitrogens with zero attached hydrogens (tertiary/aromatic N) is 1. The molecule has 4 nitrogen and oxygen atoms in total. The summed E-state index contributed by atoms with van der Waals surface area (Å²) in [6.07, 6.45) is 3.61. The Kier molecular flexibility index (Phi) is 4.03. The molecule has 1 fully saturated rings. The summed E-state index contributed by atoms with van der Waals surface area (Å²) in [6, 6.07) is 6.51. The van der Waals surface area contributed by atoms with Crippen molar-refractivity contribution in [3.05, 3.63) is 53.5 Å². The van der Waals surface area contributed by atoms with Crippen molar-refractivity contribution in [3.63, 3.8) is 0 Å². The zero-order valence-corrected chi connectivity index (χ0v) is 12.0. The zero-order chi connectivity index (χ0) is 14.7. The molecule has 0 amide bonds. The number of hydrogen-bond acceptors (Lipinski definition) is 4. The Labute approximate surface area is 122 Å². The first kappa shape index (κ1) is 14.2. The van der Waals surface area contributed by atoms with Gasteiger partial charge in [-0.05, 0) is 31.0 Å². The van der Waals surface area contributed by atoms with Crippen LogP contribution in [0.15, 0.2) is 34.9 Å². The summed E-state index contributed by atoms with van der Waals surface area (Å²) < 4.78 is 30.0. The Balaban J connectivity index is 1.67. The lowest BCUT2D eigenvalue weighted by molar-refractivity contribution is -0.163. The Morgan fingerprint density at radius 3 is 2.52 bits per heavy atom. The van der Waals surface area contributed by atoms with Crippen LogP contribution in [0.5, 0.6) is 0 Å². The second-order valence-electron chi connectivity index (χ2n) is 5.28. The normalized spacial score (nSPS) is 17.2. The lowest BCUT2D eigenvalue weighted by Gasteiger charge is -2.26. The first-order chi connectivity index (χ1) is 10.2. The molecule has 1 aliphatic heterocycles. The maximum Gasteiger partial charge on any atom is 0.199 e. The minimum atomic E-state index is -0.689. The van der Waals surface area contributed by atoms with Gasteiger partial charge in [0.05, 0.1) is 25.8 Å². The summed E-state index contributed by atoms with van der Waals surface area (Å²) in [7, 11) is 0. The molecule has 0 unspecified atom stereocenters. The third kappa shape index (κ3) is 3.49. The number of aromatic nitrogens is 1. The smallest absolute Gasteiger partial charge is 0.199 e. The standard InChI is InChI=1S/C16H18FNO3/c1-12-11-18-15(21-12)10-16(19-8-9-20-16)7-6-13-2-4-14(17)5-3-13/h2-5,11H,6-10H2,1H3. The fraction of sp³-hybridized carbons (Fsp3) is 0.438. The molecule has 1 aliphatic rings. The van der Waals surface area contributed by atoms with Crippen molar-refractivity contribution in [1.82, 2.24) is 4.98 Å². The van der Waals surface area contributed by atoms with Gasteiger partial charge in [0.1, 0.15) is 11.6 Å². The van der Waals surface area contributed by atoms with E-state index < -0.39 is 5.79 Å². The number of halogens is 1. The second-order valence-corrected chi connectivity index (χ2v) is 5.28. The van der Waals surface area contributed by atoms with Gasteiger partial charge in [0.15, 0.2) is 11.7 Å². The van der Waals surface area contributed by atoms with Gasteiger partial charge < -0.3 is 13.9 Å². The van der Waals surface area contributed by atoms with Crippen molar-refractivity contribution in [2.45, 2.75) is 32.0 Å². The maximum absolute atomic E-state index is 12.9. The molecule has 21 heavy (non-hydrogen) atoms. The first-order valence-corrected chi connectivity index (χ1v) is 7.09. The van der Waals surface area contributed by atoms with Gasteiger partial charge >= 0.3 is 0 Å². The van der Waals surface area contributed by atoms with Crippen molar-refractivity contribution >= 4 is 0 Å². The van der Waals surface area contributed by atoms with Crippen LogP contribution in [0.4, 0.5) is 4.39 Å². The number of hydrogen-bond donors (Lipinski definition) is 0. The van der Waals surface area contributed by atoms with Gasteiger partial charge in [0.2, 0.25) is 0 Å². The monoisotopic (exact) mass is 291 g/mol. The molecular weight excluding hydrogens is 273 g/mol. The molecule has 0 bridgehead atoms. The summed E-state index contributed by atoms with van der Waals surface area (Å²) in [4.78, 5) is 4.21. The number of benzene rings is 1. The molecule has 3 rings (SSSR count). The second kappa shape index (κ2) is 5.95. The fourth-order valence-electron chi connectivity index (χ4n) is 2.53. The molecule has 5 heteroatoms. The molecule has 2 heterocycles. The summed E-state index contributed by atoms with van der Waals surface area (Å²) in [5, 5.41) is 0. The third-order valence-corrected chi connectivity index (χ3v) is 3.61. The largest absolute Gasteiger partial charge is 0.446 e.